The summed E-state index contributed by atoms with van der Waals surface area (Å²) in [6.45, 7) is 0.407. The largest absolute Gasteiger partial charge is 0.488 e. The van der Waals surface area contributed by atoms with Crippen molar-refractivity contribution >= 4 is 28.4 Å². The fourth-order valence-corrected chi connectivity index (χ4v) is 3.07. The van der Waals surface area contributed by atoms with Gasteiger partial charge in [0.25, 0.3) is 5.91 Å². The number of ether oxygens (including phenoxy) is 1. The molecule has 0 spiro atoms. The summed E-state index contributed by atoms with van der Waals surface area (Å²) in [7, 11) is 3.99. The van der Waals surface area contributed by atoms with E-state index in [1.807, 2.05) is 49.3 Å². The molecule has 4 nitrogen and oxygen atoms in total. The molecule has 1 N–H and O–H groups in total. The van der Waals surface area contributed by atoms with Crippen LogP contribution in [0, 0.1) is 5.82 Å². The summed E-state index contributed by atoms with van der Waals surface area (Å²) in [5.41, 5.74) is 4.79. The van der Waals surface area contributed by atoms with Gasteiger partial charge in [-0.1, -0.05) is 12.1 Å². The summed E-state index contributed by atoms with van der Waals surface area (Å²) in [6, 6.07) is 12.4. The number of benzene rings is 2. The van der Waals surface area contributed by atoms with Crippen LogP contribution in [0.5, 0.6) is 0 Å². The Bertz CT molecular complexity index is 927. The van der Waals surface area contributed by atoms with Gasteiger partial charge in [-0.2, -0.15) is 0 Å². The maximum absolute atomic E-state index is 13.4. The first kappa shape index (κ1) is 15.4. The molecule has 0 unspecified atom stereocenters. The molecule has 2 aliphatic rings. The summed E-state index contributed by atoms with van der Waals surface area (Å²) in [4.78, 5) is 14.3. The van der Waals surface area contributed by atoms with E-state index >= 15 is 0 Å². The number of rotatable bonds is 2. The minimum Gasteiger partial charge on any atom is -0.488 e. The smallest absolute Gasteiger partial charge is 0.260 e. The van der Waals surface area contributed by atoms with E-state index < -0.39 is 0 Å². The minimum atomic E-state index is -0.380. The number of nitrogens with one attached hydrogen (secondary N) is 1. The number of halogens is 1. The Labute approximate surface area is 145 Å². The third-order valence-corrected chi connectivity index (χ3v) is 4.42. The van der Waals surface area contributed by atoms with Gasteiger partial charge in [-0.15, -0.1) is 0 Å². The first-order chi connectivity index (χ1) is 12.0. The van der Waals surface area contributed by atoms with Crippen LogP contribution >= 0.6 is 0 Å². The highest BCUT2D eigenvalue weighted by molar-refractivity contribution is 6.32. The molecule has 0 radical (unpaired) electrons. The fourth-order valence-electron chi connectivity index (χ4n) is 3.07. The number of nitrogens with zero attached hydrogens (tertiary/aromatic N) is 1. The Balaban J connectivity index is 1.71. The lowest BCUT2D eigenvalue weighted by atomic mass is 10.0. The molecule has 25 heavy (non-hydrogen) atoms. The van der Waals surface area contributed by atoms with E-state index in [0.29, 0.717) is 29.2 Å². The summed E-state index contributed by atoms with van der Waals surface area (Å²) in [5, 5.41) is 2.69. The number of hydrogen-bond donors (Lipinski definition) is 1. The third kappa shape index (κ3) is 2.67. The predicted molar refractivity (Wildman–Crippen MR) is 96.6 cm³/mol. The molecule has 2 heterocycles. The first-order valence-corrected chi connectivity index (χ1v) is 7.99. The second-order valence-corrected chi connectivity index (χ2v) is 6.28. The molecule has 126 valence electrons. The molecule has 4 rings (SSSR count). The van der Waals surface area contributed by atoms with Crippen LogP contribution < -0.4 is 10.2 Å². The maximum atomic E-state index is 13.4. The van der Waals surface area contributed by atoms with E-state index in [-0.39, 0.29) is 11.7 Å². The molecule has 2 aromatic rings. The molecule has 0 aliphatic carbocycles. The zero-order chi connectivity index (χ0) is 17.6. The van der Waals surface area contributed by atoms with Crippen molar-refractivity contribution in [2.45, 2.75) is 0 Å². The maximum Gasteiger partial charge on any atom is 0.260 e. The van der Waals surface area contributed by atoms with E-state index in [1.54, 1.807) is 6.07 Å². The molecule has 0 bridgehead atoms. The standard InChI is InChI=1S/C20H17FN2O2/c1-23(2)15-6-3-12(4-7-15)13-9-18(25-11-13)19-16-8-5-14(21)10-17(16)22-20(19)24/h3-10H,11H2,1-2H3,(H,22,24)/b19-18+. The molecule has 2 aromatic carbocycles. The summed E-state index contributed by atoms with van der Waals surface area (Å²) in [5.74, 6) is -0.125. The molecule has 0 fully saturated rings. The van der Waals surface area contributed by atoms with Gasteiger partial charge in [0.15, 0.2) is 0 Å². The summed E-state index contributed by atoms with van der Waals surface area (Å²) >= 11 is 0. The van der Waals surface area contributed by atoms with Crippen molar-refractivity contribution in [2.75, 3.05) is 30.9 Å². The molecular weight excluding hydrogens is 319 g/mol. The second kappa shape index (κ2) is 5.77. The van der Waals surface area contributed by atoms with Crippen LogP contribution in [0.2, 0.25) is 0 Å². The van der Waals surface area contributed by atoms with Crippen molar-refractivity contribution in [3.8, 4) is 0 Å². The van der Waals surface area contributed by atoms with Crippen molar-refractivity contribution in [3.63, 3.8) is 0 Å². The van der Waals surface area contributed by atoms with Gasteiger partial charge in [-0.25, -0.2) is 4.39 Å². The summed E-state index contributed by atoms with van der Waals surface area (Å²) in [6.07, 6.45) is 1.89. The zero-order valence-electron chi connectivity index (χ0n) is 14.0. The van der Waals surface area contributed by atoms with Crippen molar-refractivity contribution in [2.24, 2.45) is 0 Å². The normalized spacial score (nSPS) is 18.5. The Morgan fingerprint density at radius 2 is 1.88 bits per heavy atom. The Hall–Kier alpha value is -3.08. The molecule has 0 atom stereocenters. The first-order valence-electron chi connectivity index (χ1n) is 7.99. The van der Waals surface area contributed by atoms with Crippen LogP contribution in [0.4, 0.5) is 15.8 Å². The molecule has 1 amide bonds. The van der Waals surface area contributed by atoms with Gasteiger partial charge in [0.1, 0.15) is 18.2 Å². The Kier molecular flexibility index (Phi) is 3.57. The average molecular weight is 336 g/mol. The van der Waals surface area contributed by atoms with E-state index in [0.717, 1.165) is 16.8 Å². The molecule has 5 heteroatoms. The van der Waals surface area contributed by atoms with Gasteiger partial charge >= 0.3 is 0 Å². The number of anilines is 2. The van der Waals surface area contributed by atoms with Gasteiger partial charge in [0.2, 0.25) is 0 Å². The van der Waals surface area contributed by atoms with Crippen molar-refractivity contribution in [1.82, 2.24) is 0 Å². The monoisotopic (exact) mass is 336 g/mol. The van der Waals surface area contributed by atoms with Crippen molar-refractivity contribution < 1.29 is 13.9 Å². The van der Waals surface area contributed by atoms with Crippen LogP contribution in [-0.4, -0.2) is 26.6 Å². The van der Waals surface area contributed by atoms with Crippen molar-refractivity contribution in [3.05, 3.63) is 71.2 Å². The third-order valence-electron chi connectivity index (χ3n) is 4.42. The van der Waals surface area contributed by atoms with Crippen LogP contribution in [0.1, 0.15) is 11.1 Å². The topological polar surface area (TPSA) is 41.6 Å². The van der Waals surface area contributed by atoms with Gasteiger partial charge in [-0.05, 0) is 42.0 Å². The van der Waals surface area contributed by atoms with Gasteiger partial charge in [-0.3, -0.25) is 4.79 Å². The number of fused-ring (bicyclic) bond motifs is 1. The lowest BCUT2D eigenvalue weighted by Gasteiger charge is -2.12. The number of carbonyl (C=O) groups is 1. The van der Waals surface area contributed by atoms with Gasteiger partial charge < -0.3 is 15.0 Å². The average Bonchev–Trinajstić information content (AvgIpc) is 3.18. The van der Waals surface area contributed by atoms with E-state index in [2.05, 4.69) is 5.32 Å². The number of hydrogen-bond acceptors (Lipinski definition) is 3. The minimum absolute atomic E-state index is 0.268. The van der Waals surface area contributed by atoms with Crippen LogP contribution in [-0.2, 0) is 9.53 Å². The summed E-state index contributed by atoms with van der Waals surface area (Å²) < 4.78 is 19.1. The highest BCUT2D eigenvalue weighted by Crippen LogP contribution is 2.38. The van der Waals surface area contributed by atoms with E-state index in [1.165, 1.54) is 12.1 Å². The lowest BCUT2D eigenvalue weighted by Crippen LogP contribution is -2.08. The zero-order valence-corrected chi connectivity index (χ0v) is 14.0. The number of amides is 1. The van der Waals surface area contributed by atoms with Gasteiger partial charge in [0.05, 0.1) is 11.3 Å². The quantitative estimate of drug-likeness (QED) is 0.851. The van der Waals surface area contributed by atoms with Crippen LogP contribution in [0.3, 0.4) is 0 Å². The van der Waals surface area contributed by atoms with E-state index in [4.69, 9.17) is 4.74 Å². The van der Waals surface area contributed by atoms with E-state index in [9.17, 15) is 9.18 Å². The Morgan fingerprint density at radius 3 is 2.60 bits per heavy atom. The molecule has 0 aromatic heterocycles. The van der Waals surface area contributed by atoms with Crippen molar-refractivity contribution in [1.29, 1.82) is 0 Å². The predicted octanol–water partition coefficient (Wildman–Crippen LogP) is 3.67. The highest BCUT2D eigenvalue weighted by atomic mass is 19.1. The molecule has 0 saturated heterocycles. The molecule has 2 aliphatic heterocycles. The lowest BCUT2D eigenvalue weighted by molar-refractivity contribution is -0.110. The Morgan fingerprint density at radius 1 is 1.12 bits per heavy atom. The number of carbonyl (C=O) groups excluding carboxylic acids is 1. The number of allylic oxidation sites excluding steroid dienone is 1. The molecular formula is C20H17FN2O2. The second-order valence-electron chi connectivity index (χ2n) is 6.28. The molecule has 0 saturated carbocycles. The van der Waals surface area contributed by atoms with Gasteiger partial charge in [0, 0.05) is 30.9 Å². The fraction of sp³-hybridized carbons (Fsp3) is 0.150. The van der Waals surface area contributed by atoms with Crippen LogP contribution in [0.15, 0.2) is 54.3 Å². The SMILES string of the molecule is CN(C)c1ccc(C2=C/C(=C3\C(=O)Nc4cc(F)ccc43)OC2)cc1. The highest BCUT2D eigenvalue weighted by Gasteiger charge is 2.30. The van der Waals surface area contributed by atoms with Crippen LogP contribution in [0.25, 0.3) is 11.1 Å².